The summed E-state index contributed by atoms with van der Waals surface area (Å²) in [5, 5.41) is 6.78. The molecule has 12 heteroatoms. The van der Waals surface area contributed by atoms with Crippen molar-refractivity contribution in [2.45, 2.75) is 36.7 Å². The van der Waals surface area contributed by atoms with Crippen LogP contribution in [0.3, 0.4) is 0 Å². The molecule has 8 nitrogen and oxygen atoms in total. The molecule has 0 saturated carbocycles. The van der Waals surface area contributed by atoms with Gasteiger partial charge in [-0.25, -0.2) is 13.2 Å². The molecule has 1 aromatic rings. The van der Waals surface area contributed by atoms with Gasteiger partial charge in [-0.2, -0.15) is 13.2 Å². The maximum absolute atomic E-state index is 12.7. The van der Waals surface area contributed by atoms with Crippen molar-refractivity contribution in [2.75, 3.05) is 39.5 Å². The average molecular weight is 481 g/mol. The van der Waals surface area contributed by atoms with Crippen molar-refractivity contribution in [3.63, 3.8) is 0 Å². The molecule has 0 radical (unpaired) electrons. The summed E-state index contributed by atoms with van der Waals surface area (Å²) in [4.78, 5) is 25.5. The van der Waals surface area contributed by atoms with E-state index < -0.39 is 22.0 Å². The highest BCUT2D eigenvalue weighted by Crippen LogP contribution is 2.27. The molecular weight excluding hydrogens is 453 g/mol. The minimum Gasteiger partial charge on any atom is -0.497 e. The number of carboxylic acid groups (broad SMARTS) is 1. The molecule has 0 unspecified atom stereocenters. The Morgan fingerprint density at radius 1 is 1.12 bits per heavy atom. The van der Waals surface area contributed by atoms with Crippen molar-refractivity contribution in [2.24, 2.45) is 0 Å². The van der Waals surface area contributed by atoms with Crippen molar-refractivity contribution in [3.05, 3.63) is 29.8 Å². The highest BCUT2D eigenvalue weighted by molar-refractivity contribution is 7.92. The number of hydrogen-bond acceptors (Lipinski definition) is 6. The molecule has 0 spiro atoms. The van der Waals surface area contributed by atoms with Crippen LogP contribution in [0.4, 0.5) is 13.2 Å². The van der Waals surface area contributed by atoms with Crippen LogP contribution in [-0.2, 0) is 25.8 Å². The number of carbonyl (C=O) groups excluding carboxylic acids is 1. The Morgan fingerprint density at radius 2 is 1.69 bits per heavy atom. The lowest BCUT2D eigenvalue weighted by Crippen LogP contribution is -2.52. The van der Waals surface area contributed by atoms with Gasteiger partial charge in [0, 0.05) is 25.7 Å². The van der Waals surface area contributed by atoms with Crippen LogP contribution < -0.4 is 4.74 Å². The number of alkyl halides is 3. The van der Waals surface area contributed by atoms with E-state index in [9.17, 15) is 26.4 Å². The Balaban J connectivity index is 0.000000451. The summed E-state index contributed by atoms with van der Waals surface area (Å²) in [6, 6.07) is 7.51. The first kappa shape index (κ1) is 25.9. The van der Waals surface area contributed by atoms with E-state index in [0.717, 1.165) is 17.7 Å². The molecule has 1 aromatic carbocycles. The normalized spacial score (nSPS) is 23.2. The number of sulfone groups is 1. The van der Waals surface area contributed by atoms with Crippen LogP contribution in [0.5, 0.6) is 5.75 Å². The highest BCUT2D eigenvalue weighted by atomic mass is 32.2. The zero-order valence-electron chi connectivity index (χ0n) is 17.8. The Kier molecular flexibility index (Phi) is 8.52. The van der Waals surface area contributed by atoms with Crippen LogP contribution >= 0.6 is 0 Å². The number of amides is 1. The van der Waals surface area contributed by atoms with Crippen LogP contribution in [0.1, 0.15) is 18.4 Å². The number of nitrogens with zero attached hydrogens (tertiary/aromatic N) is 2. The average Bonchev–Trinajstić information content (AvgIpc) is 2.96. The number of halogens is 3. The zero-order valence-corrected chi connectivity index (χ0v) is 18.7. The summed E-state index contributed by atoms with van der Waals surface area (Å²) < 4.78 is 61.7. The monoisotopic (exact) mass is 480 g/mol. The number of fused-ring (bicyclic) bond motifs is 1. The summed E-state index contributed by atoms with van der Waals surface area (Å²) in [6.45, 7) is 1.72. The number of hydrogen-bond donors (Lipinski definition) is 1. The first-order valence-corrected chi connectivity index (χ1v) is 11.7. The number of benzene rings is 1. The number of ether oxygens (including phenoxy) is 1. The Hall–Kier alpha value is -2.34. The van der Waals surface area contributed by atoms with Crippen molar-refractivity contribution >= 4 is 21.7 Å². The van der Waals surface area contributed by atoms with Gasteiger partial charge in [0.05, 0.1) is 24.5 Å². The Labute approximate surface area is 184 Å². The lowest BCUT2D eigenvalue weighted by molar-refractivity contribution is -0.192. The third-order valence-corrected chi connectivity index (χ3v) is 7.90. The number of aliphatic carboxylic acids is 1. The van der Waals surface area contributed by atoms with Crippen LogP contribution in [0, 0.1) is 0 Å². The minimum atomic E-state index is -5.08. The maximum Gasteiger partial charge on any atom is 0.490 e. The van der Waals surface area contributed by atoms with E-state index in [1.54, 1.807) is 7.11 Å². The van der Waals surface area contributed by atoms with Crippen molar-refractivity contribution in [1.29, 1.82) is 0 Å². The summed E-state index contributed by atoms with van der Waals surface area (Å²) in [6.07, 6.45) is -3.50. The fourth-order valence-corrected chi connectivity index (χ4v) is 5.98. The maximum atomic E-state index is 12.7. The molecule has 3 rings (SSSR count). The topological polar surface area (TPSA) is 104 Å². The number of carboxylic acids is 1. The van der Waals surface area contributed by atoms with Crippen LogP contribution in [0.2, 0.25) is 0 Å². The molecule has 2 heterocycles. The van der Waals surface area contributed by atoms with Gasteiger partial charge in [0.2, 0.25) is 5.91 Å². The molecule has 2 fully saturated rings. The molecule has 0 aliphatic carbocycles. The minimum absolute atomic E-state index is 0.0255. The fraction of sp³-hybridized carbons (Fsp3) is 0.600. The van der Waals surface area contributed by atoms with Crippen LogP contribution in [0.15, 0.2) is 24.3 Å². The van der Waals surface area contributed by atoms with E-state index in [2.05, 4.69) is 4.90 Å². The van der Waals surface area contributed by atoms with Gasteiger partial charge in [-0.3, -0.25) is 4.79 Å². The molecule has 2 aliphatic rings. The summed E-state index contributed by atoms with van der Waals surface area (Å²) in [7, 11) is 0.551. The standard InChI is InChI=1S/C18H26N2O4S.C2HF3O2/c1-19-11-12-25(22,23)17-8-10-20(9-7-16(17)19)18(21)13-14-3-5-15(24-2)6-4-14;3-2(4,5)1(6)7/h3-6,16-17H,7-13H2,1-2H3;(H,6,7)/t16-,17+;/m0./s1. The van der Waals surface area contributed by atoms with Crippen molar-refractivity contribution < 1.29 is 41.0 Å². The van der Waals surface area contributed by atoms with E-state index in [-0.39, 0.29) is 23.0 Å². The van der Waals surface area contributed by atoms with E-state index in [1.807, 2.05) is 36.2 Å². The lowest BCUT2D eigenvalue weighted by Gasteiger charge is -2.37. The van der Waals surface area contributed by atoms with Crippen molar-refractivity contribution in [1.82, 2.24) is 9.80 Å². The lowest BCUT2D eigenvalue weighted by atomic mass is 10.1. The van der Waals surface area contributed by atoms with Gasteiger partial charge >= 0.3 is 12.1 Å². The van der Waals surface area contributed by atoms with Gasteiger partial charge in [-0.05, 0) is 37.6 Å². The van der Waals surface area contributed by atoms with Gasteiger partial charge < -0.3 is 19.6 Å². The first-order chi connectivity index (χ1) is 14.8. The first-order valence-electron chi connectivity index (χ1n) is 9.97. The molecule has 180 valence electrons. The predicted octanol–water partition coefficient (Wildman–Crippen LogP) is 1.59. The number of likely N-dealkylation sites (tertiary alicyclic amines) is 1. The fourth-order valence-electron chi connectivity index (χ4n) is 3.85. The Bertz CT molecular complexity index is 905. The summed E-state index contributed by atoms with van der Waals surface area (Å²) in [5.41, 5.74) is 0.942. The summed E-state index contributed by atoms with van der Waals surface area (Å²) >= 11 is 0. The molecule has 0 aromatic heterocycles. The highest BCUT2D eigenvalue weighted by Gasteiger charge is 2.42. The van der Waals surface area contributed by atoms with Crippen LogP contribution in [0.25, 0.3) is 0 Å². The quantitative estimate of drug-likeness (QED) is 0.701. The smallest absolute Gasteiger partial charge is 0.490 e. The second-order valence-electron chi connectivity index (χ2n) is 7.74. The van der Waals surface area contributed by atoms with Gasteiger partial charge in [0.15, 0.2) is 9.84 Å². The molecular formula is C20H27F3N2O6S. The molecule has 0 bridgehead atoms. The van der Waals surface area contributed by atoms with E-state index in [4.69, 9.17) is 14.6 Å². The molecule has 2 saturated heterocycles. The zero-order chi connectivity index (χ0) is 24.1. The molecule has 2 atom stereocenters. The van der Waals surface area contributed by atoms with E-state index in [0.29, 0.717) is 32.5 Å². The molecule has 1 N–H and O–H groups in total. The van der Waals surface area contributed by atoms with E-state index >= 15 is 0 Å². The van der Waals surface area contributed by atoms with Gasteiger partial charge in [0.1, 0.15) is 5.75 Å². The summed E-state index contributed by atoms with van der Waals surface area (Å²) in [5.74, 6) is -1.70. The molecule has 2 aliphatic heterocycles. The van der Waals surface area contributed by atoms with Crippen molar-refractivity contribution in [3.8, 4) is 5.75 Å². The predicted molar refractivity (Wildman–Crippen MR) is 110 cm³/mol. The molecule has 1 amide bonds. The van der Waals surface area contributed by atoms with Gasteiger partial charge in [0.25, 0.3) is 0 Å². The SMILES string of the molecule is COc1ccc(CC(=O)N2CC[C@@H]3[C@H](CC2)N(C)CCS3(=O)=O)cc1.O=C(O)C(F)(F)F. The second-order valence-corrected chi connectivity index (χ2v) is 10.1. The number of rotatable bonds is 3. The van der Waals surface area contributed by atoms with Gasteiger partial charge in [-0.1, -0.05) is 12.1 Å². The van der Waals surface area contributed by atoms with Gasteiger partial charge in [-0.15, -0.1) is 0 Å². The number of carbonyl (C=O) groups is 2. The third kappa shape index (κ3) is 6.83. The van der Waals surface area contributed by atoms with E-state index in [1.165, 1.54) is 0 Å². The largest absolute Gasteiger partial charge is 0.497 e. The van der Waals surface area contributed by atoms with Crippen LogP contribution in [-0.4, -0.2) is 92.2 Å². The third-order valence-electron chi connectivity index (χ3n) is 5.67. The molecule has 32 heavy (non-hydrogen) atoms. The number of methoxy groups -OCH3 is 1. The Morgan fingerprint density at radius 3 is 2.22 bits per heavy atom. The second kappa shape index (κ2) is 10.5.